The Morgan fingerprint density at radius 1 is 0.761 bits per heavy atom. The number of methoxy groups -OCH3 is 1. The predicted octanol–water partition coefficient (Wildman–Crippen LogP) is -4.43. The van der Waals surface area contributed by atoms with Gasteiger partial charge in [0.25, 0.3) is 32.1 Å². The second-order valence-electron chi connectivity index (χ2n) is 17.2. The van der Waals surface area contributed by atoms with Crippen molar-refractivity contribution < 1.29 is 169 Å². The average Bonchev–Trinajstić information content (AvgIpc) is 3.76. The Morgan fingerprint density at radius 3 is 1.96 bits per heavy atom. The van der Waals surface area contributed by atoms with Crippen molar-refractivity contribution in [2.24, 2.45) is 0 Å². The van der Waals surface area contributed by atoms with E-state index >= 15 is 0 Å². The van der Waals surface area contributed by atoms with Gasteiger partial charge in [-0.2, -0.15) is 21.4 Å². The first-order valence-corrected chi connectivity index (χ1v) is 27.9. The predicted molar refractivity (Wildman–Crippen MR) is 245 cm³/mol. The van der Waals surface area contributed by atoms with Crippen LogP contribution in [0.5, 0.6) is 0 Å². The molecule has 2 amide bonds. The fourth-order valence-electron chi connectivity index (χ4n) is 9.01. The Balaban J connectivity index is 0.00000576. The zero-order chi connectivity index (χ0) is 50.3. The first kappa shape index (κ1) is 65.5. The van der Waals surface area contributed by atoms with Crippen LogP contribution in [0, 0.1) is 0 Å². The molecule has 2 unspecified atom stereocenters. The number of unbranched alkanes of at least 4 members (excludes halogenated alkanes) is 4. The van der Waals surface area contributed by atoms with E-state index in [-0.39, 0.29) is 152 Å². The van der Waals surface area contributed by atoms with Gasteiger partial charge in [0, 0.05) is 79.6 Å². The van der Waals surface area contributed by atoms with Crippen molar-refractivity contribution in [2.45, 2.75) is 112 Å². The summed E-state index contributed by atoms with van der Waals surface area (Å²) < 4.78 is 147. The Morgan fingerprint density at radius 2 is 1.35 bits per heavy atom. The van der Waals surface area contributed by atoms with E-state index in [1.165, 1.54) is 43.5 Å². The molecule has 0 aliphatic carbocycles. The van der Waals surface area contributed by atoms with E-state index in [1.54, 1.807) is 44.2 Å². The summed E-state index contributed by atoms with van der Waals surface area (Å²) in [7, 11) is -17.0. The zero-order valence-corrected chi connectivity index (χ0v) is 50.1. The molecule has 374 valence electrons. The summed E-state index contributed by atoms with van der Waals surface area (Å²) in [6.07, 6.45) is 11.6. The van der Waals surface area contributed by atoms with Crippen LogP contribution in [-0.4, -0.2) is 123 Å². The summed E-state index contributed by atoms with van der Waals surface area (Å²) in [4.78, 5) is 41.8. The molecule has 2 aromatic carbocycles. The number of nitrogens with zero attached hydrogens (tertiary/aromatic N) is 3. The fraction of sp³-hybridized carbons (Fsp3) is 0.500. The van der Waals surface area contributed by atoms with Gasteiger partial charge in [0.05, 0.1) is 37.7 Å². The number of carbonyl (C=O) groups excluding carboxylic acids is 3. The van der Waals surface area contributed by atoms with E-state index in [0.29, 0.717) is 77.6 Å². The molecule has 2 N–H and O–H groups in total. The van der Waals surface area contributed by atoms with Crippen LogP contribution >= 0.6 is 0 Å². The Bertz CT molecular complexity index is 2860. The van der Waals surface area contributed by atoms with E-state index in [4.69, 9.17) is 9.57 Å². The van der Waals surface area contributed by atoms with Crippen LogP contribution in [0.2, 0.25) is 0 Å². The van der Waals surface area contributed by atoms with Crippen molar-refractivity contribution in [3.8, 4) is 0 Å². The smallest absolute Gasteiger partial charge is 0.748 e. The average molecular weight is 1100 g/mol. The van der Waals surface area contributed by atoms with Crippen LogP contribution in [0.25, 0.3) is 0 Å². The number of benzene rings is 2. The number of fused-ring (bicyclic) bond motifs is 2. The van der Waals surface area contributed by atoms with Crippen LogP contribution in [0.3, 0.4) is 0 Å². The SMILES string of the molecule is COCCN1C(=CC=CC=CC2=[N+](CCCCCCCC(=O)ON3C(=O)CCC3=O)c3ccc(S(=O)(=O)[O-])cc3C2(C)CCCS(=O)(=O)[O-])C(C)(CCCS(=O)(=O)O)c2cc(S(=O)(=O)O)ccc21.[Na+].[Na+].[Na+]. The van der Waals surface area contributed by atoms with Gasteiger partial charge in [0.2, 0.25) is 5.69 Å². The zero-order valence-electron chi connectivity index (χ0n) is 40.9. The molecule has 3 aliphatic rings. The van der Waals surface area contributed by atoms with Gasteiger partial charge in [-0.25, -0.2) is 21.6 Å². The largest absolute Gasteiger partial charge is 1.00 e. The number of anilines is 1. The summed E-state index contributed by atoms with van der Waals surface area (Å²) in [5.74, 6) is -3.10. The molecule has 0 spiro atoms. The normalized spacial score (nSPS) is 19.8. The van der Waals surface area contributed by atoms with E-state index in [0.717, 1.165) is 0 Å². The number of allylic oxidation sites excluding steroid dienone is 6. The van der Waals surface area contributed by atoms with Crippen molar-refractivity contribution in [1.29, 1.82) is 0 Å². The summed E-state index contributed by atoms with van der Waals surface area (Å²) in [5.41, 5.74) is 1.12. The minimum atomic E-state index is -4.92. The standard InChI is InChI=1S/C44H57N3O17S4.3Na/c1-43(23-12-28-65(51,52)53)34-30-32(67(57,58)59)17-19-36(34)45(25-11-6-4-5-10-16-42(50)64-47-40(48)21-22-41(47)49)38(43)14-8-7-9-15-39-44(2,24-13-29-66(54,55)56)35-31-33(68(60,61)62)18-20-37(35)46(39)26-27-63-3;;;/h7-9,14-15,17-20,30-31H,4-6,10-13,16,21-29H2,1-3H3,(H3-,51,52,53,54,55,56,57,58,59,60,61,62);;;/q;3*+1/p-1. The van der Waals surface area contributed by atoms with Gasteiger partial charge in [-0.1, -0.05) is 31.1 Å². The minimum Gasteiger partial charge on any atom is -0.748 e. The first-order valence-electron chi connectivity index (χ1n) is 21.8. The van der Waals surface area contributed by atoms with Crippen molar-refractivity contribution in [3.05, 3.63) is 83.6 Å². The third kappa shape index (κ3) is 17.4. The van der Waals surface area contributed by atoms with Gasteiger partial charge in [-0.3, -0.25) is 18.7 Å². The number of ether oxygens (including phenoxy) is 1. The van der Waals surface area contributed by atoms with Crippen LogP contribution in [0.1, 0.15) is 102 Å². The number of hydrogen-bond acceptors (Lipinski definition) is 16. The van der Waals surface area contributed by atoms with Crippen LogP contribution in [0.15, 0.2) is 82.3 Å². The molecule has 71 heavy (non-hydrogen) atoms. The molecular weight excluding hydrogens is 1040 g/mol. The second-order valence-corrected chi connectivity index (χ2v) is 23.1. The summed E-state index contributed by atoms with van der Waals surface area (Å²) >= 11 is 0. The number of hydroxylamine groups is 2. The molecular formula is C44H56N3Na3O17S4+2. The van der Waals surface area contributed by atoms with E-state index in [2.05, 4.69) is 0 Å². The van der Waals surface area contributed by atoms with E-state index in [1.807, 2.05) is 9.48 Å². The summed E-state index contributed by atoms with van der Waals surface area (Å²) in [6, 6.07) is 8.08. The Labute approximate surface area is 482 Å². The van der Waals surface area contributed by atoms with Crippen LogP contribution in [0.4, 0.5) is 11.4 Å². The quantitative estimate of drug-likeness (QED) is 0.0237. The molecule has 0 bridgehead atoms. The van der Waals surface area contributed by atoms with Crippen molar-refractivity contribution in [3.63, 3.8) is 0 Å². The number of hydrogen-bond donors (Lipinski definition) is 2. The molecule has 0 saturated carbocycles. The number of imide groups is 1. The molecule has 27 heteroatoms. The van der Waals surface area contributed by atoms with Gasteiger partial charge >= 0.3 is 94.6 Å². The van der Waals surface area contributed by atoms with Gasteiger partial charge in [0.15, 0.2) is 5.71 Å². The van der Waals surface area contributed by atoms with Gasteiger partial charge in [0.1, 0.15) is 16.7 Å². The van der Waals surface area contributed by atoms with E-state index < -0.39 is 85.5 Å². The Kier molecular flexibility index (Phi) is 25.3. The van der Waals surface area contributed by atoms with Crippen molar-refractivity contribution >= 4 is 75.3 Å². The molecule has 3 aliphatic heterocycles. The van der Waals surface area contributed by atoms with Crippen molar-refractivity contribution in [1.82, 2.24) is 5.06 Å². The fourth-order valence-corrected chi connectivity index (χ4v) is 11.0. The minimum absolute atomic E-state index is 0. The summed E-state index contributed by atoms with van der Waals surface area (Å²) in [6.45, 7) is 4.45. The number of rotatable bonds is 25. The number of carbonyl (C=O) groups is 3. The maximum Gasteiger partial charge on any atom is 1.00 e. The maximum absolute atomic E-state index is 12.3. The third-order valence-electron chi connectivity index (χ3n) is 12.4. The molecule has 0 radical (unpaired) electrons. The monoisotopic (exact) mass is 1100 g/mol. The molecule has 2 aromatic rings. The van der Waals surface area contributed by atoms with E-state index in [9.17, 15) is 66.3 Å². The third-order valence-corrected chi connectivity index (χ3v) is 15.6. The first-order chi connectivity index (χ1) is 31.7. The summed E-state index contributed by atoms with van der Waals surface area (Å²) in [5, 5.41) is 0.503. The maximum atomic E-state index is 12.3. The second kappa shape index (κ2) is 27.4. The molecule has 5 rings (SSSR count). The molecule has 1 fully saturated rings. The van der Waals surface area contributed by atoms with Gasteiger partial charge in [-0.15, -0.1) is 5.06 Å². The topological polar surface area (TPSA) is 302 Å². The van der Waals surface area contributed by atoms with Crippen molar-refractivity contribution in [2.75, 3.05) is 43.2 Å². The van der Waals surface area contributed by atoms with Gasteiger partial charge < -0.3 is 23.6 Å². The van der Waals surface area contributed by atoms with Gasteiger partial charge in [-0.05, 0) is 94.3 Å². The van der Waals surface area contributed by atoms with Crippen LogP contribution in [-0.2, 0) is 75.3 Å². The Hall–Kier alpha value is -1.66. The molecule has 20 nitrogen and oxygen atoms in total. The molecule has 1 saturated heterocycles. The molecule has 2 atom stereocenters. The number of amides is 2. The molecule has 0 aromatic heterocycles. The van der Waals surface area contributed by atoms with Crippen LogP contribution < -0.4 is 93.6 Å². The molecule has 3 heterocycles.